The lowest BCUT2D eigenvalue weighted by molar-refractivity contribution is -0.122. The van der Waals surface area contributed by atoms with Crippen molar-refractivity contribution in [1.82, 2.24) is 5.32 Å². The number of benzene rings is 1. The van der Waals surface area contributed by atoms with Crippen LogP contribution in [0.1, 0.15) is 24.8 Å². The van der Waals surface area contributed by atoms with Crippen molar-refractivity contribution in [2.75, 3.05) is 18.1 Å². The van der Waals surface area contributed by atoms with Crippen LogP contribution in [0.25, 0.3) is 0 Å². The highest BCUT2D eigenvalue weighted by Crippen LogP contribution is 2.18. The van der Waals surface area contributed by atoms with Gasteiger partial charge in [0, 0.05) is 12.3 Å². The molecule has 0 saturated heterocycles. The smallest absolute Gasteiger partial charge is 0.228 e. The van der Waals surface area contributed by atoms with Crippen molar-refractivity contribution in [3.05, 3.63) is 35.9 Å². The molecule has 1 rings (SSSR count). The van der Waals surface area contributed by atoms with Gasteiger partial charge in [-0.3, -0.25) is 4.79 Å². The molecular weight excluding hydrogens is 276 g/mol. The summed E-state index contributed by atoms with van der Waals surface area (Å²) in [6.07, 6.45) is 0.0658. The fourth-order valence-corrected chi connectivity index (χ4v) is 2.44. The Morgan fingerprint density at radius 2 is 2.00 bits per heavy atom. The molecule has 0 unspecified atom stereocenters. The van der Waals surface area contributed by atoms with Gasteiger partial charge in [-0.2, -0.15) is 5.26 Å². The summed E-state index contributed by atoms with van der Waals surface area (Å²) in [7, 11) is -3.10. The molecule has 1 aromatic rings. The molecule has 6 heteroatoms. The topological polar surface area (TPSA) is 87.0 Å². The van der Waals surface area contributed by atoms with Gasteiger partial charge >= 0.3 is 0 Å². The van der Waals surface area contributed by atoms with Crippen molar-refractivity contribution in [3.63, 3.8) is 0 Å². The number of hydrogen-bond acceptors (Lipinski definition) is 4. The zero-order valence-electron chi connectivity index (χ0n) is 11.4. The van der Waals surface area contributed by atoms with Crippen molar-refractivity contribution >= 4 is 15.7 Å². The SMILES string of the molecule is CCS(=O)(=O)CCNC(=O)[C@@H](CC#N)c1ccccc1. The third-order valence-corrected chi connectivity index (χ3v) is 4.67. The summed E-state index contributed by atoms with van der Waals surface area (Å²) in [5.74, 6) is -0.901. The Hall–Kier alpha value is -1.87. The molecule has 1 N–H and O–H groups in total. The van der Waals surface area contributed by atoms with Gasteiger partial charge in [0.1, 0.15) is 0 Å². The van der Waals surface area contributed by atoms with Gasteiger partial charge in [0.2, 0.25) is 5.91 Å². The fourth-order valence-electron chi connectivity index (χ4n) is 1.74. The molecular formula is C14H18N2O3S. The van der Waals surface area contributed by atoms with Crippen LogP contribution >= 0.6 is 0 Å². The fraction of sp³-hybridized carbons (Fsp3) is 0.429. The summed E-state index contributed by atoms with van der Waals surface area (Å²) >= 11 is 0. The van der Waals surface area contributed by atoms with Crippen molar-refractivity contribution in [3.8, 4) is 6.07 Å². The normalized spacial score (nSPS) is 12.4. The average molecular weight is 294 g/mol. The van der Waals surface area contributed by atoms with Gasteiger partial charge in [0.15, 0.2) is 9.84 Å². The summed E-state index contributed by atoms with van der Waals surface area (Å²) in [6, 6.07) is 11.0. The maximum absolute atomic E-state index is 12.1. The first-order valence-corrected chi connectivity index (χ1v) is 8.22. The third kappa shape index (κ3) is 5.02. The Labute approximate surface area is 119 Å². The second-order valence-electron chi connectivity index (χ2n) is 4.35. The van der Waals surface area contributed by atoms with Crippen LogP contribution in [0.3, 0.4) is 0 Å². The molecule has 108 valence electrons. The maximum Gasteiger partial charge on any atom is 0.228 e. The van der Waals surface area contributed by atoms with Gasteiger partial charge in [0.25, 0.3) is 0 Å². The quantitative estimate of drug-likeness (QED) is 0.819. The monoisotopic (exact) mass is 294 g/mol. The molecule has 0 radical (unpaired) electrons. The van der Waals surface area contributed by atoms with Crippen LogP contribution in [-0.4, -0.2) is 32.4 Å². The van der Waals surface area contributed by atoms with Crippen LogP contribution < -0.4 is 5.32 Å². The molecule has 0 saturated carbocycles. The van der Waals surface area contributed by atoms with E-state index < -0.39 is 15.8 Å². The van der Waals surface area contributed by atoms with Gasteiger partial charge in [-0.15, -0.1) is 0 Å². The van der Waals surface area contributed by atoms with E-state index in [-0.39, 0.29) is 30.4 Å². The standard InChI is InChI=1S/C14H18N2O3S/c1-2-20(18,19)11-10-16-14(17)13(8-9-15)12-6-4-3-5-7-12/h3-7,13H,2,8,10-11H2,1H3,(H,16,17)/t13-/m0/s1. The van der Waals surface area contributed by atoms with E-state index in [1.165, 1.54) is 0 Å². The lowest BCUT2D eigenvalue weighted by Gasteiger charge is -2.14. The molecule has 0 fully saturated rings. The average Bonchev–Trinajstić information content (AvgIpc) is 2.45. The largest absolute Gasteiger partial charge is 0.355 e. The van der Waals surface area contributed by atoms with Gasteiger partial charge < -0.3 is 5.32 Å². The zero-order valence-corrected chi connectivity index (χ0v) is 12.2. The third-order valence-electron chi connectivity index (χ3n) is 2.97. The Bertz CT molecular complexity index is 576. The Kier molecular flexibility index (Phi) is 6.19. The summed E-state index contributed by atoms with van der Waals surface area (Å²) in [5.41, 5.74) is 0.755. The van der Waals surface area contributed by atoms with Gasteiger partial charge in [-0.1, -0.05) is 37.3 Å². The molecule has 0 aliphatic rings. The highest BCUT2D eigenvalue weighted by Gasteiger charge is 2.20. The van der Waals surface area contributed by atoms with E-state index in [0.717, 1.165) is 5.56 Å². The highest BCUT2D eigenvalue weighted by molar-refractivity contribution is 7.91. The molecule has 5 nitrogen and oxygen atoms in total. The molecule has 20 heavy (non-hydrogen) atoms. The molecule has 1 amide bonds. The molecule has 0 aromatic heterocycles. The van der Waals surface area contributed by atoms with Crippen LogP contribution in [0.5, 0.6) is 0 Å². The highest BCUT2D eigenvalue weighted by atomic mass is 32.2. The number of rotatable bonds is 7. The maximum atomic E-state index is 12.1. The first-order chi connectivity index (χ1) is 9.50. The molecule has 0 aliphatic heterocycles. The second-order valence-corrected chi connectivity index (χ2v) is 6.83. The van der Waals surface area contributed by atoms with Crippen LogP contribution in [0, 0.1) is 11.3 Å². The van der Waals surface area contributed by atoms with Crippen molar-refractivity contribution in [2.45, 2.75) is 19.3 Å². The summed E-state index contributed by atoms with van der Waals surface area (Å²) in [4.78, 5) is 12.1. The number of hydrogen-bond donors (Lipinski definition) is 1. The first kappa shape index (κ1) is 16.2. The van der Waals surface area contributed by atoms with E-state index in [1.54, 1.807) is 31.2 Å². The number of carbonyl (C=O) groups is 1. The van der Waals surface area contributed by atoms with E-state index in [4.69, 9.17) is 5.26 Å². The zero-order chi connectivity index (χ0) is 15.0. The van der Waals surface area contributed by atoms with Gasteiger partial charge in [-0.05, 0) is 5.56 Å². The van der Waals surface area contributed by atoms with E-state index >= 15 is 0 Å². The van der Waals surface area contributed by atoms with Gasteiger partial charge in [0.05, 0.1) is 24.2 Å². The Morgan fingerprint density at radius 3 is 2.55 bits per heavy atom. The molecule has 0 aliphatic carbocycles. The van der Waals surface area contributed by atoms with Crippen LogP contribution in [-0.2, 0) is 14.6 Å². The number of nitriles is 1. The summed E-state index contributed by atoms with van der Waals surface area (Å²) < 4.78 is 22.7. The minimum atomic E-state index is -3.10. The van der Waals surface area contributed by atoms with Crippen molar-refractivity contribution in [2.24, 2.45) is 0 Å². The number of sulfone groups is 1. The van der Waals surface area contributed by atoms with Crippen molar-refractivity contribution < 1.29 is 13.2 Å². The van der Waals surface area contributed by atoms with Gasteiger partial charge in [-0.25, -0.2) is 8.42 Å². The predicted octanol–water partition coefficient (Wildman–Crippen LogP) is 1.23. The molecule has 0 spiro atoms. The number of nitrogens with zero attached hydrogens (tertiary/aromatic N) is 1. The Balaban J connectivity index is 2.65. The van der Waals surface area contributed by atoms with Crippen LogP contribution in [0.2, 0.25) is 0 Å². The van der Waals surface area contributed by atoms with Crippen LogP contribution in [0.15, 0.2) is 30.3 Å². The lowest BCUT2D eigenvalue weighted by Crippen LogP contribution is -2.33. The van der Waals surface area contributed by atoms with Crippen molar-refractivity contribution in [1.29, 1.82) is 5.26 Å². The molecule has 0 heterocycles. The van der Waals surface area contributed by atoms with E-state index in [1.807, 2.05) is 12.1 Å². The summed E-state index contributed by atoms with van der Waals surface area (Å²) in [5, 5.41) is 11.4. The molecule has 1 atom stereocenters. The number of nitrogens with one attached hydrogen (secondary N) is 1. The minimum absolute atomic E-state index is 0.0587. The minimum Gasteiger partial charge on any atom is -0.355 e. The van der Waals surface area contributed by atoms with E-state index in [0.29, 0.717) is 0 Å². The summed E-state index contributed by atoms with van der Waals surface area (Å²) in [6.45, 7) is 1.64. The lowest BCUT2D eigenvalue weighted by atomic mass is 9.95. The molecule has 1 aromatic carbocycles. The molecule has 0 bridgehead atoms. The number of amides is 1. The van der Waals surface area contributed by atoms with E-state index in [9.17, 15) is 13.2 Å². The first-order valence-electron chi connectivity index (χ1n) is 6.40. The Morgan fingerprint density at radius 1 is 1.35 bits per heavy atom. The predicted molar refractivity (Wildman–Crippen MR) is 76.8 cm³/mol. The second kappa shape index (κ2) is 7.65. The van der Waals surface area contributed by atoms with Crippen LogP contribution in [0.4, 0.5) is 0 Å². The number of carbonyl (C=O) groups excluding carboxylic acids is 1. The van der Waals surface area contributed by atoms with E-state index in [2.05, 4.69) is 5.32 Å².